The molecular weight excluding hydrogens is 356 g/mol. The van der Waals surface area contributed by atoms with Gasteiger partial charge in [-0.05, 0) is 43.2 Å². The summed E-state index contributed by atoms with van der Waals surface area (Å²) < 4.78 is 4.97. The van der Waals surface area contributed by atoms with E-state index in [1.165, 1.54) is 0 Å². The molecule has 2 amide bonds. The van der Waals surface area contributed by atoms with Gasteiger partial charge >= 0.3 is 5.97 Å². The second-order valence-electron chi connectivity index (χ2n) is 6.79. The average molecular weight is 380 g/mol. The van der Waals surface area contributed by atoms with Crippen molar-refractivity contribution in [2.24, 2.45) is 5.92 Å². The summed E-state index contributed by atoms with van der Waals surface area (Å²) >= 11 is 0. The summed E-state index contributed by atoms with van der Waals surface area (Å²) in [4.78, 5) is 38.6. The molecule has 1 aliphatic rings. The Morgan fingerprint density at radius 2 is 1.79 bits per heavy atom. The number of nitrogens with one attached hydrogen (secondary N) is 1. The van der Waals surface area contributed by atoms with E-state index in [0.29, 0.717) is 30.7 Å². The molecule has 2 atom stereocenters. The van der Waals surface area contributed by atoms with Crippen LogP contribution in [0.5, 0.6) is 0 Å². The van der Waals surface area contributed by atoms with Crippen molar-refractivity contribution < 1.29 is 19.1 Å². The van der Waals surface area contributed by atoms with E-state index in [0.717, 1.165) is 5.56 Å². The first kappa shape index (κ1) is 19.6. The Morgan fingerprint density at radius 3 is 2.43 bits per heavy atom. The van der Waals surface area contributed by atoms with Crippen molar-refractivity contribution in [2.45, 2.75) is 25.8 Å². The van der Waals surface area contributed by atoms with Gasteiger partial charge in [-0.25, -0.2) is 4.79 Å². The first-order chi connectivity index (χ1) is 13.5. The Bertz CT molecular complexity index is 849. The molecule has 1 heterocycles. The number of hydrogen-bond donors (Lipinski definition) is 1. The van der Waals surface area contributed by atoms with Crippen LogP contribution in [0, 0.1) is 5.92 Å². The summed E-state index contributed by atoms with van der Waals surface area (Å²) in [5.74, 6) is -0.847. The van der Waals surface area contributed by atoms with E-state index in [-0.39, 0.29) is 23.8 Å². The lowest BCUT2D eigenvalue weighted by Crippen LogP contribution is -2.44. The molecule has 1 aliphatic heterocycles. The number of carbonyl (C=O) groups excluding carboxylic acids is 3. The van der Waals surface area contributed by atoms with Gasteiger partial charge in [0.05, 0.1) is 24.1 Å². The van der Waals surface area contributed by atoms with Gasteiger partial charge in [-0.15, -0.1) is 0 Å². The van der Waals surface area contributed by atoms with Gasteiger partial charge < -0.3 is 15.0 Å². The highest BCUT2D eigenvalue weighted by molar-refractivity contribution is 5.95. The summed E-state index contributed by atoms with van der Waals surface area (Å²) in [7, 11) is 1.74. The van der Waals surface area contributed by atoms with Gasteiger partial charge in [-0.3, -0.25) is 9.59 Å². The third kappa shape index (κ3) is 4.22. The number of rotatable bonds is 5. The quantitative estimate of drug-likeness (QED) is 0.807. The summed E-state index contributed by atoms with van der Waals surface area (Å²) in [6, 6.07) is 15.9. The second-order valence-corrected chi connectivity index (χ2v) is 6.79. The highest BCUT2D eigenvalue weighted by atomic mass is 16.5. The Kier molecular flexibility index (Phi) is 6.09. The average Bonchev–Trinajstić information content (AvgIpc) is 2.71. The summed E-state index contributed by atoms with van der Waals surface area (Å²) in [6.07, 6.45) is 0.842. The number of piperidine rings is 1. The van der Waals surface area contributed by atoms with Crippen LogP contribution in [-0.4, -0.2) is 36.3 Å². The Balaban J connectivity index is 1.76. The van der Waals surface area contributed by atoms with E-state index in [9.17, 15) is 14.4 Å². The minimum atomic E-state index is -0.392. The summed E-state index contributed by atoms with van der Waals surface area (Å²) in [5, 5.41) is 2.92. The molecule has 2 aromatic carbocycles. The minimum absolute atomic E-state index is 0.0386. The second kappa shape index (κ2) is 8.69. The van der Waals surface area contributed by atoms with Gasteiger partial charge in [-0.1, -0.05) is 30.3 Å². The number of amides is 2. The number of hydrogen-bond acceptors (Lipinski definition) is 4. The fraction of sp³-hybridized carbons (Fsp3) is 0.318. The topological polar surface area (TPSA) is 75.7 Å². The fourth-order valence-corrected chi connectivity index (χ4v) is 3.56. The first-order valence-electron chi connectivity index (χ1n) is 9.40. The maximum atomic E-state index is 13.0. The Morgan fingerprint density at radius 1 is 1.11 bits per heavy atom. The lowest BCUT2D eigenvalue weighted by atomic mass is 9.84. The van der Waals surface area contributed by atoms with Crippen molar-refractivity contribution in [3.63, 3.8) is 0 Å². The molecule has 2 unspecified atom stereocenters. The smallest absolute Gasteiger partial charge is 0.338 e. The van der Waals surface area contributed by atoms with Crippen LogP contribution < -0.4 is 5.32 Å². The predicted molar refractivity (Wildman–Crippen MR) is 106 cm³/mol. The number of anilines is 1. The summed E-state index contributed by atoms with van der Waals surface area (Å²) in [5.41, 5.74) is 1.98. The molecule has 0 aliphatic carbocycles. The first-order valence-corrected chi connectivity index (χ1v) is 9.40. The predicted octanol–water partition coefficient (Wildman–Crippen LogP) is 3.41. The molecule has 28 heavy (non-hydrogen) atoms. The molecule has 3 rings (SSSR count). The van der Waals surface area contributed by atoms with E-state index < -0.39 is 5.97 Å². The highest BCUT2D eigenvalue weighted by Gasteiger charge is 2.38. The maximum Gasteiger partial charge on any atom is 0.338 e. The van der Waals surface area contributed by atoms with E-state index in [4.69, 9.17) is 4.74 Å². The monoisotopic (exact) mass is 380 g/mol. The van der Waals surface area contributed by atoms with Gasteiger partial charge in [0, 0.05) is 19.2 Å². The zero-order valence-corrected chi connectivity index (χ0v) is 16.1. The van der Waals surface area contributed by atoms with Gasteiger partial charge in [0.25, 0.3) is 0 Å². The molecule has 146 valence electrons. The van der Waals surface area contributed by atoms with Crippen molar-refractivity contribution in [2.75, 3.05) is 19.0 Å². The zero-order chi connectivity index (χ0) is 20.1. The van der Waals surface area contributed by atoms with Crippen LogP contribution >= 0.6 is 0 Å². The number of likely N-dealkylation sites (tertiary alicyclic amines) is 1. The van der Waals surface area contributed by atoms with E-state index in [1.807, 2.05) is 30.3 Å². The largest absolute Gasteiger partial charge is 0.462 e. The van der Waals surface area contributed by atoms with Crippen LogP contribution in [0.1, 0.15) is 41.7 Å². The lowest BCUT2D eigenvalue weighted by Gasteiger charge is -2.38. The molecule has 0 saturated carbocycles. The van der Waals surface area contributed by atoms with Crippen molar-refractivity contribution in [3.05, 3.63) is 65.7 Å². The van der Waals surface area contributed by atoms with Crippen molar-refractivity contribution >= 4 is 23.5 Å². The standard InChI is InChI=1S/C22H24N2O4/c1-3-28-22(27)16-9-11-17(12-10-16)23-21(26)18-13-14-19(25)24(2)20(18)15-7-5-4-6-8-15/h4-12,18,20H,3,13-14H2,1-2H3,(H,23,26). The van der Waals surface area contributed by atoms with Crippen LogP contribution in [0.3, 0.4) is 0 Å². The van der Waals surface area contributed by atoms with Crippen LogP contribution in [0.15, 0.2) is 54.6 Å². The number of benzene rings is 2. The third-order valence-electron chi connectivity index (χ3n) is 5.00. The van der Waals surface area contributed by atoms with Crippen molar-refractivity contribution in [3.8, 4) is 0 Å². The normalized spacial score (nSPS) is 19.2. The van der Waals surface area contributed by atoms with E-state index in [2.05, 4.69) is 5.32 Å². The Labute approximate surface area is 164 Å². The minimum Gasteiger partial charge on any atom is -0.462 e. The van der Waals surface area contributed by atoms with Crippen LogP contribution in [0.4, 0.5) is 5.69 Å². The van der Waals surface area contributed by atoms with E-state index in [1.54, 1.807) is 43.1 Å². The van der Waals surface area contributed by atoms with Crippen LogP contribution in [0.2, 0.25) is 0 Å². The van der Waals surface area contributed by atoms with Gasteiger partial charge in [0.2, 0.25) is 11.8 Å². The molecule has 2 aromatic rings. The zero-order valence-electron chi connectivity index (χ0n) is 16.1. The fourth-order valence-electron chi connectivity index (χ4n) is 3.56. The van der Waals surface area contributed by atoms with Crippen molar-refractivity contribution in [1.82, 2.24) is 4.90 Å². The number of carbonyl (C=O) groups is 3. The number of esters is 1. The Hall–Kier alpha value is -3.15. The third-order valence-corrected chi connectivity index (χ3v) is 5.00. The molecule has 1 fully saturated rings. The lowest BCUT2D eigenvalue weighted by molar-refractivity contribution is -0.140. The molecule has 0 bridgehead atoms. The van der Waals surface area contributed by atoms with Crippen LogP contribution in [-0.2, 0) is 14.3 Å². The van der Waals surface area contributed by atoms with Gasteiger partial charge in [0.15, 0.2) is 0 Å². The molecule has 0 spiro atoms. The molecule has 0 radical (unpaired) electrons. The molecule has 1 N–H and O–H groups in total. The number of nitrogens with zero attached hydrogens (tertiary/aromatic N) is 1. The molecule has 6 heteroatoms. The number of ether oxygens (including phenoxy) is 1. The summed E-state index contributed by atoms with van der Waals surface area (Å²) in [6.45, 7) is 2.06. The molecular formula is C22H24N2O4. The highest BCUT2D eigenvalue weighted by Crippen LogP contribution is 2.36. The van der Waals surface area contributed by atoms with Gasteiger partial charge in [0.1, 0.15) is 0 Å². The van der Waals surface area contributed by atoms with Crippen molar-refractivity contribution in [1.29, 1.82) is 0 Å². The molecule has 1 saturated heterocycles. The van der Waals surface area contributed by atoms with Gasteiger partial charge in [-0.2, -0.15) is 0 Å². The van der Waals surface area contributed by atoms with Crippen LogP contribution in [0.25, 0.3) is 0 Å². The maximum absolute atomic E-state index is 13.0. The molecule has 0 aromatic heterocycles. The SMILES string of the molecule is CCOC(=O)c1ccc(NC(=O)C2CCC(=O)N(C)C2c2ccccc2)cc1. The van der Waals surface area contributed by atoms with E-state index >= 15 is 0 Å². The molecule has 6 nitrogen and oxygen atoms in total.